The van der Waals surface area contributed by atoms with E-state index >= 15 is 0 Å². The number of para-hydroxylation sites is 1. The van der Waals surface area contributed by atoms with Gasteiger partial charge in [-0.25, -0.2) is 0 Å². The molecular weight excluding hydrogens is 404 g/mol. The summed E-state index contributed by atoms with van der Waals surface area (Å²) in [6.07, 6.45) is 2.80. The molecule has 1 aliphatic rings. The third-order valence-corrected chi connectivity index (χ3v) is 6.57. The lowest BCUT2D eigenvalue weighted by Gasteiger charge is -2.14. The van der Waals surface area contributed by atoms with Gasteiger partial charge in [-0.15, -0.1) is 0 Å². The molecule has 0 atom stereocenters. The zero-order chi connectivity index (χ0) is 22.1. The minimum atomic E-state index is -0.227. The fourth-order valence-electron chi connectivity index (χ4n) is 4.10. The summed E-state index contributed by atoms with van der Waals surface area (Å²) in [5.74, 6) is -0.227. The number of amides is 2. The predicted molar refractivity (Wildman–Crippen MR) is 127 cm³/mol. The predicted octanol–water partition coefficient (Wildman–Crippen LogP) is 6.20. The van der Waals surface area contributed by atoms with Crippen LogP contribution in [-0.4, -0.2) is 20.6 Å². The van der Waals surface area contributed by atoms with E-state index in [4.69, 9.17) is 0 Å². The SMILES string of the molecule is CCc1ccccc1-n1c(C)cc(/C=C2\SC(=O)N(Cc3cccc(C)c3)C2=O)c1C. The molecule has 2 heterocycles. The Morgan fingerprint density at radius 1 is 0.968 bits per heavy atom. The molecule has 0 spiro atoms. The van der Waals surface area contributed by atoms with E-state index in [2.05, 4.69) is 49.6 Å². The van der Waals surface area contributed by atoms with Gasteiger partial charge in [0, 0.05) is 17.1 Å². The normalized spacial score (nSPS) is 15.4. The molecule has 0 aliphatic carbocycles. The Bertz CT molecular complexity index is 1210. The molecule has 3 aromatic rings. The van der Waals surface area contributed by atoms with Crippen molar-refractivity contribution in [2.24, 2.45) is 0 Å². The Hall–Kier alpha value is -3.05. The number of hydrogen-bond acceptors (Lipinski definition) is 3. The smallest absolute Gasteiger partial charge is 0.293 e. The van der Waals surface area contributed by atoms with Gasteiger partial charge in [-0.05, 0) is 73.9 Å². The third-order valence-electron chi connectivity index (χ3n) is 5.67. The summed E-state index contributed by atoms with van der Waals surface area (Å²) < 4.78 is 2.22. The maximum absolute atomic E-state index is 13.0. The van der Waals surface area contributed by atoms with E-state index in [-0.39, 0.29) is 11.1 Å². The van der Waals surface area contributed by atoms with Crippen molar-refractivity contribution in [2.75, 3.05) is 0 Å². The van der Waals surface area contributed by atoms with Gasteiger partial charge < -0.3 is 4.57 Å². The molecule has 2 aromatic carbocycles. The van der Waals surface area contributed by atoms with Gasteiger partial charge in [-0.1, -0.05) is 55.0 Å². The zero-order valence-corrected chi connectivity index (χ0v) is 19.1. The number of carbonyl (C=O) groups is 2. The van der Waals surface area contributed by atoms with Crippen LogP contribution in [0.15, 0.2) is 59.5 Å². The minimum Gasteiger partial charge on any atom is -0.318 e. The van der Waals surface area contributed by atoms with E-state index in [0.717, 1.165) is 51.9 Å². The van der Waals surface area contributed by atoms with Crippen LogP contribution in [0.25, 0.3) is 11.8 Å². The molecule has 0 unspecified atom stereocenters. The molecule has 0 bridgehead atoms. The number of rotatable bonds is 5. The molecule has 1 aliphatic heterocycles. The first kappa shape index (κ1) is 21.2. The second-order valence-electron chi connectivity index (χ2n) is 7.90. The highest BCUT2D eigenvalue weighted by molar-refractivity contribution is 8.18. The van der Waals surface area contributed by atoms with E-state index in [0.29, 0.717) is 11.4 Å². The van der Waals surface area contributed by atoms with Gasteiger partial charge >= 0.3 is 0 Å². The van der Waals surface area contributed by atoms with Crippen molar-refractivity contribution in [1.29, 1.82) is 0 Å². The van der Waals surface area contributed by atoms with Gasteiger partial charge in [0.25, 0.3) is 11.1 Å². The second-order valence-corrected chi connectivity index (χ2v) is 8.89. The van der Waals surface area contributed by atoms with Gasteiger partial charge in [-0.3, -0.25) is 14.5 Å². The number of carbonyl (C=O) groups excluding carboxylic acids is 2. The summed E-state index contributed by atoms with van der Waals surface area (Å²) in [5, 5.41) is -0.220. The van der Waals surface area contributed by atoms with Crippen LogP contribution >= 0.6 is 11.8 Å². The van der Waals surface area contributed by atoms with Crippen LogP contribution in [0.2, 0.25) is 0 Å². The highest BCUT2D eigenvalue weighted by atomic mass is 32.2. The number of aryl methyl sites for hydroxylation is 3. The molecule has 1 aromatic heterocycles. The second kappa shape index (κ2) is 8.60. The molecule has 0 radical (unpaired) electrons. The standard InChI is InChI=1S/C26H26N2O2S/c1-5-21-11-6-7-12-23(21)28-18(3)14-22(19(28)4)15-24-25(29)27(26(30)31-24)16-20-10-8-9-17(2)13-20/h6-15H,5,16H2,1-4H3/b24-15-. The van der Waals surface area contributed by atoms with Crippen LogP contribution < -0.4 is 0 Å². The largest absolute Gasteiger partial charge is 0.318 e. The van der Waals surface area contributed by atoms with Gasteiger partial charge in [-0.2, -0.15) is 0 Å². The average Bonchev–Trinajstić information content (AvgIpc) is 3.17. The first-order chi connectivity index (χ1) is 14.9. The lowest BCUT2D eigenvalue weighted by Crippen LogP contribution is -2.27. The number of thioether (sulfide) groups is 1. The Labute approximate surface area is 187 Å². The quantitative estimate of drug-likeness (QED) is 0.453. The highest BCUT2D eigenvalue weighted by Gasteiger charge is 2.35. The van der Waals surface area contributed by atoms with Gasteiger partial charge in [0.15, 0.2) is 0 Å². The van der Waals surface area contributed by atoms with Crippen LogP contribution in [0.5, 0.6) is 0 Å². The molecule has 4 nitrogen and oxygen atoms in total. The monoisotopic (exact) mass is 430 g/mol. The molecule has 1 saturated heterocycles. The molecule has 4 rings (SSSR count). The van der Waals surface area contributed by atoms with Crippen molar-refractivity contribution in [3.63, 3.8) is 0 Å². The summed E-state index contributed by atoms with van der Waals surface area (Å²) in [6, 6.07) is 18.3. The van der Waals surface area contributed by atoms with Crippen LogP contribution in [0.4, 0.5) is 4.79 Å². The van der Waals surface area contributed by atoms with E-state index in [9.17, 15) is 9.59 Å². The molecule has 0 N–H and O–H groups in total. The number of benzene rings is 2. The van der Waals surface area contributed by atoms with E-state index in [1.165, 1.54) is 10.5 Å². The minimum absolute atomic E-state index is 0.220. The molecule has 1 fully saturated rings. The molecule has 158 valence electrons. The topological polar surface area (TPSA) is 42.3 Å². The highest BCUT2D eigenvalue weighted by Crippen LogP contribution is 2.35. The Morgan fingerprint density at radius 3 is 2.48 bits per heavy atom. The maximum atomic E-state index is 13.0. The number of nitrogens with zero attached hydrogens (tertiary/aromatic N) is 2. The van der Waals surface area contributed by atoms with E-state index in [1.54, 1.807) is 0 Å². The molecule has 5 heteroatoms. The van der Waals surface area contributed by atoms with Gasteiger partial charge in [0.2, 0.25) is 0 Å². The van der Waals surface area contributed by atoms with Crippen molar-refractivity contribution in [3.8, 4) is 5.69 Å². The number of imide groups is 1. The van der Waals surface area contributed by atoms with Crippen molar-refractivity contribution in [3.05, 3.63) is 93.1 Å². The summed E-state index contributed by atoms with van der Waals surface area (Å²) in [5.41, 5.74) is 7.62. The molecule has 2 amide bonds. The van der Waals surface area contributed by atoms with Crippen molar-refractivity contribution in [1.82, 2.24) is 9.47 Å². The first-order valence-electron chi connectivity index (χ1n) is 10.5. The summed E-state index contributed by atoms with van der Waals surface area (Å²) in [6.45, 7) is 8.58. The molecular formula is C26H26N2O2S. The Morgan fingerprint density at radius 2 is 1.74 bits per heavy atom. The summed E-state index contributed by atoms with van der Waals surface area (Å²) in [4.78, 5) is 27.4. The van der Waals surface area contributed by atoms with Gasteiger partial charge in [0.05, 0.1) is 11.4 Å². The summed E-state index contributed by atoms with van der Waals surface area (Å²) >= 11 is 1.02. The average molecular weight is 431 g/mol. The zero-order valence-electron chi connectivity index (χ0n) is 18.3. The van der Waals surface area contributed by atoms with Crippen molar-refractivity contribution < 1.29 is 9.59 Å². The molecule has 31 heavy (non-hydrogen) atoms. The van der Waals surface area contributed by atoms with Crippen LogP contribution in [-0.2, 0) is 17.8 Å². The van der Waals surface area contributed by atoms with E-state index in [1.807, 2.05) is 43.3 Å². The van der Waals surface area contributed by atoms with Crippen LogP contribution in [0.1, 0.15) is 40.6 Å². The summed E-state index contributed by atoms with van der Waals surface area (Å²) in [7, 11) is 0. The van der Waals surface area contributed by atoms with Crippen molar-refractivity contribution >= 4 is 29.0 Å². The van der Waals surface area contributed by atoms with Gasteiger partial charge in [0.1, 0.15) is 0 Å². The fraction of sp³-hybridized carbons (Fsp3) is 0.231. The Kier molecular flexibility index (Phi) is 5.88. The van der Waals surface area contributed by atoms with Crippen LogP contribution in [0.3, 0.4) is 0 Å². The Balaban J connectivity index is 1.65. The van der Waals surface area contributed by atoms with Crippen LogP contribution in [0, 0.1) is 20.8 Å². The number of hydrogen-bond donors (Lipinski definition) is 0. The molecule has 0 saturated carbocycles. The number of aromatic nitrogens is 1. The lowest BCUT2D eigenvalue weighted by molar-refractivity contribution is -0.123. The van der Waals surface area contributed by atoms with E-state index < -0.39 is 0 Å². The lowest BCUT2D eigenvalue weighted by atomic mass is 10.1. The van der Waals surface area contributed by atoms with Crippen molar-refractivity contribution in [2.45, 2.75) is 40.7 Å². The fourth-order valence-corrected chi connectivity index (χ4v) is 4.93. The first-order valence-corrected chi connectivity index (χ1v) is 11.3. The third kappa shape index (κ3) is 4.10. The maximum Gasteiger partial charge on any atom is 0.293 e.